The lowest BCUT2D eigenvalue weighted by Gasteiger charge is -2.45. The Morgan fingerprint density at radius 2 is 1.14 bits per heavy atom. The second kappa shape index (κ2) is 15.5. The number of rotatable bonds is 11. The van der Waals surface area contributed by atoms with Crippen LogP contribution in [0.3, 0.4) is 0 Å². The first kappa shape index (κ1) is 34.3. The summed E-state index contributed by atoms with van der Waals surface area (Å²) in [6, 6.07) is 0. The minimum atomic E-state index is -1.09. The van der Waals surface area contributed by atoms with E-state index in [4.69, 9.17) is 42.6 Å². The number of hydrogen-bond donors (Lipinski definition) is 1. The molecule has 3 aliphatic heterocycles. The predicted octanol–water partition coefficient (Wildman–Crippen LogP) is 1.31. The van der Waals surface area contributed by atoms with E-state index in [-0.39, 0.29) is 37.9 Å². The largest absolute Gasteiger partial charge is 0.459 e. The number of aliphatic hydroxyl groups excluding tert-OH is 1. The topological polar surface area (TPSA) is 172 Å². The number of ether oxygens (including phenoxy) is 9. The fourth-order valence-corrected chi connectivity index (χ4v) is 5.48. The summed E-state index contributed by atoms with van der Waals surface area (Å²) < 4.78 is 52.2. The third-order valence-electron chi connectivity index (χ3n) is 7.38. The van der Waals surface area contributed by atoms with Gasteiger partial charge < -0.3 is 52.5 Å². The zero-order chi connectivity index (χ0) is 31.1. The molecule has 0 radical (unpaired) electrons. The van der Waals surface area contributed by atoms with Crippen LogP contribution in [0.4, 0.5) is 0 Å². The number of Topliss-reactive ketones (excluding diaryl/α,β-unsaturated/α-hetero) is 1. The maximum atomic E-state index is 12.3. The monoisotopic (exact) mass is 604 g/mol. The summed E-state index contributed by atoms with van der Waals surface area (Å²) in [4.78, 5) is 47.0. The predicted molar refractivity (Wildman–Crippen MR) is 141 cm³/mol. The third-order valence-corrected chi connectivity index (χ3v) is 7.38. The molecule has 3 rings (SSSR count). The van der Waals surface area contributed by atoms with Gasteiger partial charge in [-0.05, 0) is 27.7 Å². The van der Waals surface area contributed by atoms with Gasteiger partial charge in [-0.25, -0.2) is 0 Å². The van der Waals surface area contributed by atoms with Crippen molar-refractivity contribution in [1.82, 2.24) is 0 Å². The van der Waals surface area contributed by atoms with Crippen LogP contribution in [0.5, 0.6) is 0 Å². The molecule has 0 aliphatic carbocycles. The van der Waals surface area contributed by atoms with Gasteiger partial charge in [0.1, 0.15) is 30.2 Å². The SMILES string of the molecule is CO[C@H]1C[C@H](O[C@H]2[C@@H](OC(C)=O)CC(O)O[C@@H]2C)O[C@@H](C)[C@@H]1O[C@H]1C[C@H](OC(C)=O)[C@H](OC(=O)CCC(C)=O)[C@@H](C)O1. The molecule has 0 spiro atoms. The molecule has 0 amide bonds. The number of esters is 3. The van der Waals surface area contributed by atoms with Crippen molar-refractivity contribution in [2.75, 3.05) is 7.11 Å². The van der Waals surface area contributed by atoms with E-state index < -0.39 is 91.7 Å². The van der Waals surface area contributed by atoms with E-state index in [1.807, 2.05) is 0 Å². The van der Waals surface area contributed by atoms with Crippen LogP contribution < -0.4 is 0 Å². The van der Waals surface area contributed by atoms with Gasteiger partial charge >= 0.3 is 17.9 Å². The summed E-state index contributed by atoms with van der Waals surface area (Å²) in [5.74, 6) is -1.79. The molecule has 14 nitrogen and oxygen atoms in total. The molecule has 0 aromatic heterocycles. The van der Waals surface area contributed by atoms with Crippen LogP contribution >= 0.6 is 0 Å². The van der Waals surface area contributed by atoms with Crippen molar-refractivity contribution in [3.63, 3.8) is 0 Å². The van der Waals surface area contributed by atoms with E-state index in [1.165, 1.54) is 27.9 Å². The van der Waals surface area contributed by atoms with Crippen molar-refractivity contribution < 1.29 is 66.9 Å². The highest BCUT2D eigenvalue weighted by Gasteiger charge is 2.47. The number of hydrogen-bond acceptors (Lipinski definition) is 14. The van der Waals surface area contributed by atoms with Gasteiger partial charge in [0.2, 0.25) is 0 Å². The highest BCUT2D eigenvalue weighted by atomic mass is 16.7. The molecule has 14 heteroatoms. The number of aliphatic hydroxyl groups is 1. The van der Waals surface area contributed by atoms with Crippen LogP contribution in [0, 0.1) is 0 Å². The van der Waals surface area contributed by atoms with Gasteiger partial charge in [-0.3, -0.25) is 14.4 Å². The van der Waals surface area contributed by atoms with Gasteiger partial charge in [-0.2, -0.15) is 0 Å². The van der Waals surface area contributed by atoms with Crippen molar-refractivity contribution in [2.24, 2.45) is 0 Å². The van der Waals surface area contributed by atoms with Crippen LogP contribution in [0.15, 0.2) is 0 Å². The van der Waals surface area contributed by atoms with Crippen molar-refractivity contribution in [2.45, 2.75) is 147 Å². The molecule has 0 aromatic carbocycles. The Morgan fingerprint density at radius 3 is 1.67 bits per heavy atom. The zero-order valence-corrected chi connectivity index (χ0v) is 25.2. The lowest BCUT2D eigenvalue weighted by molar-refractivity contribution is -0.334. The summed E-state index contributed by atoms with van der Waals surface area (Å²) in [7, 11) is 1.53. The Kier molecular flexibility index (Phi) is 12.7. The molecule has 3 saturated heterocycles. The van der Waals surface area contributed by atoms with Crippen molar-refractivity contribution in [3.05, 3.63) is 0 Å². The summed E-state index contributed by atoms with van der Waals surface area (Å²) in [6.07, 6.45) is -8.37. The number of carbonyl (C=O) groups excluding carboxylic acids is 4. The van der Waals surface area contributed by atoms with Crippen LogP contribution in [-0.4, -0.2) is 110 Å². The molecule has 0 aromatic rings. The van der Waals surface area contributed by atoms with Gasteiger partial charge in [-0.15, -0.1) is 0 Å². The summed E-state index contributed by atoms with van der Waals surface area (Å²) in [5.41, 5.74) is 0. The summed E-state index contributed by atoms with van der Waals surface area (Å²) in [6.45, 7) is 9.11. The molecule has 3 heterocycles. The quantitative estimate of drug-likeness (QED) is 0.264. The van der Waals surface area contributed by atoms with Crippen molar-refractivity contribution >= 4 is 23.7 Å². The molecule has 0 saturated carbocycles. The number of methoxy groups -OCH3 is 1. The minimum Gasteiger partial charge on any atom is -0.459 e. The zero-order valence-electron chi connectivity index (χ0n) is 25.2. The van der Waals surface area contributed by atoms with Crippen LogP contribution in [0.25, 0.3) is 0 Å². The standard InChI is InChI=1S/C28H44O14/c1-13(29)8-9-22(32)40-27-16(4)37-25(12-21(27)39-18(6)31)41-26-15(3)36-24(11-19(26)34-7)42-28-14(2)35-23(33)10-20(28)38-17(5)30/h14-16,19-21,23-28,33H,8-12H2,1-7H3/t14-,15+,16-,19+,20+,21+,23?,24+,25+,26+,27-,28-/m1/s1. The summed E-state index contributed by atoms with van der Waals surface area (Å²) >= 11 is 0. The maximum absolute atomic E-state index is 12.3. The van der Waals surface area contributed by atoms with Crippen LogP contribution in [-0.2, 0) is 61.8 Å². The average molecular weight is 605 g/mol. The van der Waals surface area contributed by atoms with Gasteiger partial charge in [0.25, 0.3) is 0 Å². The Hall–Kier alpha value is -2.20. The van der Waals surface area contributed by atoms with E-state index in [2.05, 4.69) is 0 Å². The first-order chi connectivity index (χ1) is 19.8. The smallest absolute Gasteiger partial charge is 0.306 e. The van der Waals surface area contributed by atoms with E-state index >= 15 is 0 Å². The number of carbonyl (C=O) groups is 4. The lowest BCUT2D eigenvalue weighted by atomic mass is 9.99. The highest BCUT2D eigenvalue weighted by molar-refractivity contribution is 5.81. The van der Waals surface area contributed by atoms with Crippen LogP contribution in [0.1, 0.15) is 73.6 Å². The Morgan fingerprint density at radius 1 is 0.667 bits per heavy atom. The minimum absolute atomic E-state index is 0.0481. The Labute approximate surface area is 245 Å². The first-order valence-corrected chi connectivity index (χ1v) is 14.3. The van der Waals surface area contributed by atoms with E-state index in [1.54, 1.807) is 20.8 Å². The van der Waals surface area contributed by atoms with Crippen molar-refractivity contribution in [3.8, 4) is 0 Å². The van der Waals surface area contributed by atoms with E-state index in [0.29, 0.717) is 0 Å². The molecule has 1 unspecified atom stereocenters. The van der Waals surface area contributed by atoms with Gasteiger partial charge in [0.15, 0.2) is 25.0 Å². The summed E-state index contributed by atoms with van der Waals surface area (Å²) in [5, 5.41) is 9.97. The molecule has 42 heavy (non-hydrogen) atoms. The van der Waals surface area contributed by atoms with Gasteiger partial charge in [-0.1, -0.05) is 0 Å². The molecular weight excluding hydrogens is 560 g/mol. The lowest BCUT2D eigenvalue weighted by Crippen LogP contribution is -2.57. The van der Waals surface area contributed by atoms with Gasteiger partial charge in [0, 0.05) is 46.6 Å². The molecule has 3 fully saturated rings. The molecule has 3 aliphatic rings. The number of ketones is 1. The third kappa shape index (κ3) is 9.66. The van der Waals surface area contributed by atoms with E-state index in [9.17, 15) is 24.3 Å². The fourth-order valence-electron chi connectivity index (χ4n) is 5.48. The highest BCUT2D eigenvalue weighted by Crippen LogP contribution is 2.34. The molecule has 0 bridgehead atoms. The Bertz CT molecular complexity index is 942. The first-order valence-electron chi connectivity index (χ1n) is 14.3. The average Bonchev–Trinajstić information content (AvgIpc) is 2.87. The molecule has 1 N–H and O–H groups in total. The normalized spacial score (nSPS) is 38.8. The molecule has 12 atom stereocenters. The molecular formula is C28H44O14. The Balaban J connectivity index is 1.64. The second-order valence-corrected chi connectivity index (χ2v) is 11.0. The van der Waals surface area contributed by atoms with Gasteiger partial charge in [0.05, 0.1) is 30.8 Å². The fraction of sp³-hybridized carbons (Fsp3) is 0.857. The molecule has 240 valence electrons. The second-order valence-electron chi connectivity index (χ2n) is 11.0. The van der Waals surface area contributed by atoms with Crippen LogP contribution in [0.2, 0.25) is 0 Å². The van der Waals surface area contributed by atoms with E-state index in [0.717, 1.165) is 0 Å². The maximum Gasteiger partial charge on any atom is 0.306 e. The van der Waals surface area contributed by atoms with Crippen molar-refractivity contribution in [1.29, 1.82) is 0 Å².